The highest BCUT2D eigenvalue weighted by atomic mass is 16.5. The van der Waals surface area contributed by atoms with E-state index in [0.717, 1.165) is 70.6 Å². The van der Waals surface area contributed by atoms with Gasteiger partial charge in [-0.1, -0.05) is 250 Å². The first kappa shape index (κ1) is 60.3. The number of esters is 1. The van der Waals surface area contributed by atoms with Crippen LogP contribution in [0.15, 0.2) is 24.3 Å². The van der Waals surface area contributed by atoms with E-state index < -0.39 is 12.1 Å². The quantitative estimate of drug-likeness (QED) is 0.0321. The normalized spacial score (nSPS) is 12.8. The fourth-order valence-corrected chi connectivity index (χ4v) is 8.45. The molecule has 6 heteroatoms. The number of unbranched alkanes of at least 4 members (excludes halogenated alkanes) is 38. The van der Waals surface area contributed by atoms with E-state index in [1.165, 1.54) is 199 Å². The largest absolute Gasteiger partial charge is 0.466 e. The molecule has 0 aliphatic heterocycles. The van der Waals surface area contributed by atoms with E-state index in [-0.39, 0.29) is 18.5 Å². The predicted octanol–water partition coefficient (Wildman–Crippen LogP) is 16.7. The van der Waals surface area contributed by atoms with Gasteiger partial charge in [-0.15, -0.1) is 0 Å². The van der Waals surface area contributed by atoms with Crippen molar-refractivity contribution in [1.29, 1.82) is 0 Å². The number of ether oxygens (including phenoxy) is 1. The van der Waals surface area contributed by atoms with E-state index >= 15 is 0 Å². The minimum Gasteiger partial charge on any atom is -0.466 e. The molecule has 0 aliphatic rings. The minimum atomic E-state index is -0.860. The first-order chi connectivity index (χ1) is 30.5. The first-order valence-electron chi connectivity index (χ1n) is 27.6. The van der Waals surface area contributed by atoms with Crippen molar-refractivity contribution in [1.82, 2.24) is 5.32 Å². The number of aliphatic hydroxyl groups excluding tert-OH is 2. The van der Waals surface area contributed by atoms with Gasteiger partial charge in [-0.3, -0.25) is 9.59 Å². The van der Waals surface area contributed by atoms with Crippen molar-refractivity contribution in [2.24, 2.45) is 0 Å². The molecule has 0 saturated heterocycles. The Bertz CT molecular complexity index is 966. The lowest BCUT2D eigenvalue weighted by atomic mass is 10.0. The Kier molecular flexibility index (Phi) is 50.6. The molecule has 0 bridgehead atoms. The molecule has 0 aliphatic carbocycles. The average molecular weight is 874 g/mol. The molecule has 0 rings (SSSR count). The van der Waals surface area contributed by atoms with Gasteiger partial charge < -0.3 is 20.3 Å². The van der Waals surface area contributed by atoms with Crippen LogP contribution in [0.4, 0.5) is 0 Å². The molecule has 6 nitrogen and oxygen atoms in total. The second-order valence-corrected chi connectivity index (χ2v) is 18.9. The number of hydrogen-bond acceptors (Lipinski definition) is 5. The molecular formula is C56H107NO5. The fourth-order valence-electron chi connectivity index (χ4n) is 8.45. The molecule has 0 fully saturated rings. The van der Waals surface area contributed by atoms with Crippen LogP contribution >= 0.6 is 0 Å². The van der Waals surface area contributed by atoms with Gasteiger partial charge in [0.2, 0.25) is 5.91 Å². The summed E-state index contributed by atoms with van der Waals surface area (Å²) in [6, 6.07) is -0.647. The number of rotatable bonds is 51. The molecule has 3 N–H and O–H groups in total. The van der Waals surface area contributed by atoms with Crippen LogP contribution in [0.3, 0.4) is 0 Å². The van der Waals surface area contributed by atoms with E-state index in [1.807, 2.05) is 6.08 Å². The minimum absolute atomic E-state index is 0.00945. The topological polar surface area (TPSA) is 95.9 Å². The average Bonchev–Trinajstić information content (AvgIpc) is 3.27. The zero-order chi connectivity index (χ0) is 45.1. The summed E-state index contributed by atoms with van der Waals surface area (Å²) < 4.78 is 5.48. The zero-order valence-electron chi connectivity index (χ0n) is 41.6. The number of carbonyl (C=O) groups is 2. The molecular weight excluding hydrogens is 767 g/mol. The molecule has 62 heavy (non-hydrogen) atoms. The monoisotopic (exact) mass is 874 g/mol. The number of amides is 1. The van der Waals surface area contributed by atoms with Crippen LogP contribution < -0.4 is 5.32 Å². The van der Waals surface area contributed by atoms with Gasteiger partial charge in [0, 0.05) is 12.8 Å². The van der Waals surface area contributed by atoms with Crippen LogP contribution in [0.2, 0.25) is 0 Å². The summed E-state index contributed by atoms with van der Waals surface area (Å²) >= 11 is 0. The van der Waals surface area contributed by atoms with Gasteiger partial charge in [0.1, 0.15) is 0 Å². The molecule has 0 aromatic carbocycles. The van der Waals surface area contributed by atoms with Crippen LogP contribution in [0.25, 0.3) is 0 Å². The molecule has 2 atom stereocenters. The summed E-state index contributed by atoms with van der Waals surface area (Å²) in [5.41, 5.74) is 0. The Morgan fingerprint density at radius 1 is 0.435 bits per heavy atom. The highest BCUT2D eigenvalue weighted by molar-refractivity contribution is 5.76. The molecule has 366 valence electrons. The van der Waals surface area contributed by atoms with Crippen molar-refractivity contribution in [2.75, 3.05) is 13.2 Å². The van der Waals surface area contributed by atoms with E-state index in [1.54, 1.807) is 6.08 Å². The number of aliphatic hydroxyl groups is 2. The third-order valence-corrected chi connectivity index (χ3v) is 12.7. The number of nitrogens with one attached hydrogen (secondary N) is 1. The Hall–Kier alpha value is -1.66. The van der Waals surface area contributed by atoms with Gasteiger partial charge in [-0.05, 0) is 57.8 Å². The van der Waals surface area contributed by atoms with Crippen LogP contribution in [0, 0.1) is 0 Å². The molecule has 0 aromatic rings. The Balaban J connectivity index is 3.48. The Morgan fingerprint density at radius 3 is 1.16 bits per heavy atom. The molecule has 0 spiro atoms. The van der Waals surface area contributed by atoms with Crippen molar-refractivity contribution in [3.8, 4) is 0 Å². The maximum Gasteiger partial charge on any atom is 0.305 e. The molecule has 1 amide bonds. The summed E-state index contributed by atoms with van der Waals surface area (Å²) in [4.78, 5) is 24.5. The Labute approximate surface area is 386 Å². The fraction of sp³-hybridized carbons (Fsp3) is 0.893. The second-order valence-electron chi connectivity index (χ2n) is 18.9. The number of carbonyl (C=O) groups excluding carboxylic acids is 2. The maximum atomic E-state index is 12.4. The molecule has 0 radical (unpaired) electrons. The standard InChI is InChI=1S/C56H107NO5/c1-3-5-7-9-11-13-15-17-18-19-20-21-22-26-30-34-38-42-46-50-56(61)62-51-47-43-39-35-31-27-23-25-29-33-37-41-45-49-55(60)57-53(52-58)54(59)48-44-40-36-32-28-24-16-14-12-10-8-6-4-2/h25,29,44,48,53-54,58-59H,3-24,26-28,30-43,45-47,49-52H2,1-2H3,(H,57,60)/b29-25-,48-44+. The molecule has 0 heterocycles. The van der Waals surface area contributed by atoms with E-state index in [9.17, 15) is 19.8 Å². The van der Waals surface area contributed by atoms with Crippen LogP contribution in [-0.2, 0) is 14.3 Å². The summed E-state index contributed by atoms with van der Waals surface area (Å²) in [6.07, 6.45) is 61.9. The van der Waals surface area contributed by atoms with Crippen LogP contribution in [0.1, 0.15) is 296 Å². The maximum absolute atomic E-state index is 12.4. The highest BCUT2D eigenvalue weighted by Crippen LogP contribution is 2.16. The summed E-state index contributed by atoms with van der Waals surface area (Å²) in [5, 5.41) is 23.0. The lowest BCUT2D eigenvalue weighted by molar-refractivity contribution is -0.143. The summed E-state index contributed by atoms with van der Waals surface area (Å²) in [5.74, 6) is -0.107. The van der Waals surface area contributed by atoms with Crippen LogP contribution in [-0.4, -0.2) is 47.4 Å². The smallest absolute Gasteiger partial charge is 0.305 e. The van der Waals surface area contributed by atoms with Gasteiger partial charge >= 0.3 is 5.97 Å². The summed E-state index contributed by atoms with van der Waals surface area (Å²) in [6.45, 7) is 4.87. The molecule has 2 unspecified atom stereocenters. The Morgan fingerprint density at radius 2 is 0.758 bits per heavy atom. The second kappa shape index (κ2) is 52.0. The molecule has 0 saturated carbocycles. The summed E-state index contributed by atoms with van der Waals surface area (Å²) in [7, 11) is 0. The zero-order valence-corrected chi connectivity index (χ0v) is 41.6. The number of hydrogen-bond donors (Lipinski definition) is 3. The SMILES string of the molecule is CCCCCCCCCCCCC/C=C/C(O)C(CO)NC(=O)CCCCC/C=C\CCCCCCCCOC(=O)CCCCCCCCCCCCCCCCCCCCC. The first-order valence-corrected chi connectivity index (χ1v) is 27.6. The highest BCUT2D eigenvalue weighted by Gasteiger charge is 2.18. The van der Waals surface area contributed by atoms with Crippen molar-refractivity contribution >= 4 is 11.9 Å². The van der Waals surface area contributed by atoms with Crippen molar-refractivity contribution in [3.05, 3.63) is 24.3 Å². The third kappa shape index (κ3) is 47.8. The van der Waals surface area contributed by atoms with Crippen molar-refractivity contribution in [3.63, 3.8) is 0 Å². The predicted molar refractivity (Wildman–Crippen MR) is 269 cm³/mol. The lowest BCUT2D eigenvalue weighted by Gasteiger charge is -2.19. The van der Waals surface area contributed by atoms with Gasteiger partial charge in [0.15, 0.2) is 0 Å². The van der Waals surface area contributed by atoms with E-state index in [0.29, 0.717) is 19.4 Å². The lowest BCUT2D eigenvalue weighted by Crippen LogP contribution is -2.45. The van der Waals surface area contributed by atoms with Crippen LogP contribution in [0.5, 0.6) is 0 Å². The third-order valence-electron chi connectivity index (χ3n) is 12.7. The van der Waals surface area contributed by atoms with Gasteiger partial charge in [-0.2, -0.15) is 0 Å². The van der Waals surface area contributed by atoms with E-state index in [2.05, 4.69) is 31.3 Å². The number of allylic oxidation sites excluding steroid dienone is 3. The van der Waals surface area contributed by atoms with E-state index in [4.69, 9.17) is 4.74 Å². The van der Waals surface area contributed by atoms with Crippen molar-refractivity contribution < 1.29 is 24.5 Å². The van der Waals surface area contributed by atoms with Crippen molar-refractivity contribution in [2.45, 2.75) is 309 Å². The van der Waals surface area contributed by atoms with Gasteiger partial charge in [0.05, 0.1) is 25.4 Å². The van der Waals surface area contributed by atoms with Gasteiger partial charge in [0.25, 0.3) is 0 Å². The van der Waals surface area contributed by atoms with Gasteiger partial charge in [-0.25, -0.2) is 0 Å². The molecule has 0 aromatic heterocycles.